The molecule has 0 aromatic heterocycles. The molecule has 1 aliphatic heterocycles. The summed E-state index contributed by atoms with van der Waals surface area (Å²) in [6, 6.07) is 1.26. The summed E-state index contributed by atoms with van der Waals surface area (Å²) in [4.78, 5) is 12.3. The Morgan fingerprint density at radius 1 is 1.37 bits per heavy atom. The van der Waals surface area contributed by atoms with Crippen LogP contribution in [-0.4, -0.2) is 23.7 Å². The molecule has 1 heterocycles. The van der Waals surface area contributed by atoms with Gasteiger partial charge in [0.1, 0.15) is 11.9 Å². The van der Waals surface area contributed by atoms with Gasteiger partial charge in [0, 0.05) is 6.54 Å². The zero-order valence-corrected chi connectivity index (χ0v) is 9.75. The largest absolute Gasteiger partial charge is 0.480 e. The summed E-state index contributed by atoms with van der Waals surface area (Å²) in [6.07, 6.45) is -3.69. The first-order valence-electron chi connectivity index (χ1n) is 5.67. The van der Waals surface area contributed by atoms with Crippen molar-refractivity contribution in [2.24, 2.45) is 0 Å². The maximum Gasteiger partial charge on any atom is 0.416 e. The number of carboxylic acids is 1. The second-order valence-corrected chi connectivity index (χ2v) is 4.35. The van der Waals surface area contributed by atoms with E-state index in [1.807, 2.05) is 0 Å². The normalized spacial score (nSPS) is 19.8. The van der Waals surface area contributed by atoms with Crippen LogP contribution in [0, 0.1) is 5.82 Å². The molecule has 1 aromatic rings. The van der Waals surface area contributed by atoms with Crippen molar-refractivity contribution in [2.45, 2.75) is 25.1 Å². The molecule has 19 heavy (non-hydrogen) atoms. The molecule has 1 aliphatic rings. The average Bonchev–Trinajstić information content (AvgIpc) is 2.76. The van der Waals surface area contributed by atoms with Crippen LogP contribution in [0.1, 0.15) is 18.4 Å². The SMILES string of the molecule is O=C(O)C1CCCN1c1ccc(C(F)(F)F)cc1F. The number of aliphatic carboxylic acids is 1. The molecule has 2 rings (SSSR count). The summed E-state index contributed by atoms with van der Waals surface area (Å²) in [7, 11) is 0. The number of hydrogen-bond donors (Lipinski definition) is 1. The molecule has 0 bridgehead atoms. The molecule has 7 heteroatoms. The fourth-order valence-corrected chi connectivity index (χ4v) is 2.23. The van der Waals surface area contributed by atoms with Gasteiger partial charge in [0.05, 0.1) is 11.3 Å². The van der Waals surface area contributed by atoms with E-state index in [2.05, 4.69) is 0 Å². The van der Waals surface area contributed by atoms with Crippen molar-refractivity contribution in [3.05, 3.63) is 29.6 Å². The predicted octanol–water partition coefficient (Wildman–Crippen LogP) is 2.90. The van der Waals surface area contributed by atoms with Crippen molar-refractivity contribution >= 4 is 11.7 Å². The summed E-state index contributed by atoms with van der Waals surface area (Å²) < 4.78 is 51.0. The summed E-state index contributed by atoms with van der Waals surface area (Å²) in [5.74, 6) is -2.15. The minimum Gasteiger partial charge on any atom is -0.480 e. The monoisotopic (exact) mass is 277 g/mol. The summed E-state index contributed by atoms with van der Waals surface area (Å²) >= 11 is 0. The van der Waals surface area contributed by atoms with Gasteiger partial charge in [-0.1, -0.05) is 0 Å². The molecule has 0 amide bonds. The maximum absolute atomic E-state index is 13.7. The van der Waals surface area contributed by atoms with Crippen LogP contribution in [-0.2, 0) is 11.0 Å². The van der Waals surface area contributed by atoms with Crippen LogP contribution in [0.4, 0.5) is 23.2 Å². The molecular formula is C12H11F4NO2. The maximum atomic E-state index is 13.7. The lowest BCUT2D eigenvalue weighted by Gasteiger charge is -2.24. The Morgan fingerprint density at radius 2 is 2.05 bits per heavy atom. The highest BCUT2D eigenvalue weighted by molar-refractivity contribution is 5.79. The molecule has 0 spiro atoms. The van der Waals surface area contributed by atoms with Crippen LogP contribution in [0.25, 0.3) is 0 Å². The van der Waals surface area contributed by atoms with E-state index in [4.69, 9.17) is 5.11 Å². The predicted molar refractivity (Wildman–Crippen MR) is 59.4 cm³/mol. The third-order valence-electron chi connectivity index (χ3n) is 3.12. The quantitative estimate of drug-likeness (QED) is 0.845. The third-order valence-corrected chi connectivity index (χ3v) is 3.12. The summed E-state index contributed by atoms with van der Waals surface area (Å²) in [6.45, 7) is 0.319. The fraction of sp³-hybridized carbons (Fsp3) is 0.417. The number of alkyl halides is 3. The highest BCUT2D eigenvalue weighted by atomic mass is 19.4. The van der Waals surface area contributed by atoms with Crippen LogP contribution in [0.2, 0.25) is 0 Å². The first kappa shape index (κ1) is 13.6. The molecule has 1 fully saturated rings. The number of halogens is 4. The molecule has 0 aliphatic carbocycles. The molecule has 3 nitrogen and oxygen atoms in total. The van der Waals surface area contributed by atoms with E-state index in [0.29, 0.717) is 25.5 Å². The lowest BCUT2D eigenvalue weighted by atomic mass is 10.1. The molecule has 104 valence electrons. The van der Waals surface area contributed by atoms with E-state index in [1.54, 1.807) is 0 Å². The Hall–Kier alpha value is -1.79. The second kappa shape index (κ2) is 4.71. The number of rotatable bonds is 2. The lowest BCUT2D eigenvalue weighted by molar-refractivity contribution is -0.139. The number of carbonyl (C=O) groups is 1. The second-order valence-electron chi connectivity index (χ2n) is 4.35. The first-order valence-corrected chi connectivity index (χ1v) is 5.67. The van der Waals surface area contributed by atoms with Gasteiger partial charge < -0.3 is 10.0 Å². The Bertz CT molecular complexity index is 501. The van der Waals surface area contributed by atoms with E-state index in [-0.39, 0.29) is 5.69 Å². The molecule has 1 aromatic carbocycles. The van der Waals surface area contributed by atoms with Gasteiger partial charge in [-0.25, -0.2) is 9.18 Å². The van der Waals surface area contributed by atoms with E-state index in [1.165, 1.54) is 4.90 Å². The number of benzene rings is 1. The number of carboxylic acid groups (broad SMARTS) is 1. The van der Waals surface area contributed by atoms with Crippen molar-refractivity contribution < 1.29 is 27.5 Å². The van der Waals surface area contributed by atoms with Crippen LogP contribution in [0.5, 0.6) is 0 Å². The molecule has 0 saturated carbocycles. The lowest BCUT2D eigenvalue weighted by Crippen LogP contribution is -2.36. The van der Waals surface area contributed by atoms with Crippen molar-refractivity contribution in [3.8, 4) is 0 Å². The summed E-state index contributed by atoms with van der Waals surface area (Å²) in [5, 5.41) is 8.98. The highest BCUT2D eigenvalue weighted by Gasteiger charge is 2.35. The van der Waals surface area contributed by atoms with E-state index < -0.39 is 29.6 Å². The number of nitrogens with zero attached hydrogens (tertiary/aromatic N) is 1. The van der Waals surface area contributed by atoms with Gasteiger partial charge in [-0.3, -0.25) is 0 Å². The minimum absolute atomic E-state index is 0.0992. The van der Waals surface area contributed by atoms with Gasteiger partial charge in [0.15, 0.2) is 0 Å². The third kappa shape index (κ3) is 2.64. The van der Waals surface area contributed by atoms with Gasteiger partial charge in [-0.05, 0) is 31.0 Å². The molecule has 1 atom stereocenters. The standard InChI is InChI=1S/C12H11F4NO2/c13-8-6-7(12(14,15)16)3-4-9(8)17-5-1-2-10(17)11(18)19/h3-4,6,10H,1-2,5H2,(H,18,19). The molecular weight excluding hydrogens is 266 g/mol. The van der Waals surface area contributed by atoms with Crippen molar-refractivity contribution in [3.63, 3.8) is 0 Å². The van der Waals surface area contributed by atoms with Crippen LogP contribution in [0.3, 0.4) is 0 Å². The van der Waals surface area contributed by atoms with Crippen molar-refractivity contribution in [1.82, 2.24) is 0 Å². The Kier molecular flexibility index (Phi) is 3.38. The average molecular weight is 277 g/mol. The van der Waals surface area contributed by atoms with E-state index in [9.17, 15) is 22.4 Å². The van der Waals surface area contributed by atoms with Gasteiger partial charge >= 0.3 is 12.1 Å². The van der Waals surface area contributed by atoms with Gasteiger partial charge in [0.25, 0.3) is 0 Å². The zero-order valence-electron chi connectivity index (χ0n) is 9.75. The topological polar surface area (TPSA) is 40.5 Å². The zero-order chi connectivity index (χ0) is 14.2. The van der Waals surface area contributed by atoms with Gasteiger partial charge in [-0.15, -0.1) is 0 Å². The first-order chi connectivity index (χ1) is 8.80. The van der Waals surface area contributed by atoms with E-state index in [0.717, 1.165) is 12.1 Å². The highest BCUT2D eigenvalue weighted by Crippen LogP contribution is 2.34. The van der Waals surface area contributed by atoms with Crippen LogP contribution >= 0.6 is 0 Å². The Balaban J connectivity index is 2.34. The molecule has 1 saturated heterocycles. The molecule has 1 unspecified atom stereocenters. The Morgan fingerprint density at radius 3 is 2.58 bits per heavy atom. The minimum atomic E-state index is -4.61. The number of anilines is 1. The molecule has 0 radical (unpaired) electrons. The van der Waals surface area contributed by atoms with Crippen molar-refractivity contribution in [1.29, 1.82) is 0 Å². The van der Waals surface area contributed by atoms with Crippen LogP contribution < -0.4 is 4.90 Å². The number of hydrogen-bond acceptors (Lipinski definition) is 2. The van der Waals surface area contributed by atoms with Crippen LogP contribution in [0.15, 0.2) is 18.2 Å². The van der Waals surface area contributed by atoms with Gasteiger partial charge in [-0.2, -0.15) is 13.2 Å². The Labute approximate surface area is 106 Å². The smallest absolute Gasteiger partial charge is 0.416 e. The fourth-order valence-electron chi connectivity index (χ4n) is 2.23. The molecule has 1 N–H and O–H groups in total. The summed E-state index contributed by atoms with van der Waals surface area (Å²) in [5.41, 5.74) is -1.18. The van der Waals surface area contributed by atoms with E-state index >= 15 is 0 Å². The van der Waals surface area contributed by atoms with Crippen molar-refractivity contribution in [2.75, 3.05) is 11.4 Å². The van der Waals surface area contributed by atoms with Gasteiger partial charge in [0.2, 0.25) is 0 Å².